The van der Waals surface area contributed by atoms with Crippen LogP contribution in [0, 0.1) is 13.8 Å². The maximum Gasteiger partial charge on any atom is 0.155 e. The van der Waals surface area contributed by atoms with Crippen molar-refractivity contribution in [2.75, 3.05) is 24.0 Å². The van der Waals surface area contributed by atoms with E-state index < -0.39 is 0 Å². The summed E-state index contributed by atoms with van der Waals surface area (Å²) in [5, 5.41) is 8.64. The standard InChI is InChI=1S/C11H18ClN3S/c1-7(6-16-5)15(4)11-9(3)8(2)10(12)13-14-11/h7H,6H2,1-5H3. The van der Waals surface area contributed by atoms with Gasteiger partial charge < -0.3 is 4.90 Å². The fourth-order valence-electron chi connectivity index (χ4n) is 1.46. The van der Waals surface area contributed by atoms with Gasteiger partial charge in [0.2, 0.25) is 0 Å². The van der Waals surface area contributed by atoms with Gasteiger partial charge in [0, 0.05) is 18.8 Å². The van der Waals surface area contributed by atoms with Gasteiger partial charge in [0.25, 0.3) is 0 Å². The van der Waals surface area contributed by atoms with Gasteiger partial charge in [-0.15, -0.1) is 10.2 Å². The zero-order valence-corrected chi connectivity index (χ0v) is 12.0. The summed E-state index contributed by atoms with van der Waals surface area (Å²) in [5.41, 5.74) is 2.12. The summed E-state index contributed by atoms with van der Waals surface area (Å²) >= 11 is 7.77. The average molecular weight is 260 g/mol. The smallest absolute Gasteiger partial charge is 0.155 e. The molecule has 0 saturated heterocycles. The number of hydrogen-bond acceptors (Lipinski definition) is 4. The van der Waals surface area contributed by atoms with Gasteiger partial charge in [-0.05, 0) is 38.2 Å². The molecular formula is C11H18ClN3S. The van der Waals surface area contributed by atoms with Crippen molar-refractivity contribution in [3.05, 3.63) is 16.3 Å². The van der Waals surface area contributed by atoms with Crippen LogP contribution >= 0.6 is 23.4 Å². The van der Waals surface area contributed by atoms with Crippen molar-refractivity contribution in [1.82, 2.24) is 10.2 Å². The molecule has 1 unspecified atom stereocenters. The summed E-state index contributed by atoms with van der Waals surface area (Å²) in [5.74, 6) is 1.99. The highest BCUT2D eigenvalue weighted by Crippen LogP contribution is 2.24. The van der Waals surface area contributed by atoms with E-state index in [-0.39, 0.29) is 0 Å². The molecule has 1 aromatic heterocycles. The quantitative estimate of drug-likeness (QED) is 0.832. The first-order chi connectivity index (χ1) is 7.49. The van der Waals surface area contributed by atoms with Crippen molar-refractivity contribution in [2.24, 2.45) is 0 Å². The van der Waals surface area contributed by atoms with E-state index in [0.717, 1.165) is 22.7 Å². The highest BCUT2D eigenvalue weighted by Gasteiger charge is 2.16. The first-order valence-electron chi connectivity index (χ1n) is 5.20. The van der Waals surface area contributed by atoms with E-state index >= 15 is 0 Å². The third-order valence-corrected chi connectivity index (χ3v) is 4.02. The predicted molar refractivity (Wildman–Crippen MR) is 72.8 cm³/mol. The number of halogens is 1. The van der Waals surface area contributed by atoms with Crippen molar-refractivity contribution in [1.29, 1.82) is 0 Å². The lowest BCUT2D eigenvalue weighted by atomic mass is 10.2. The molecule has 1 atom stereocenters. The summed E-state index contributed by atoms with van der Waals surface area (Å²) in [6.45, 7) is 6.19. The molecule has 90 valence electrons. The Bertz CT molecular complexity index is 370. The van der Waals surface area contributed by atoms with Gasteiger partial charge >= 0.3 is 0 Å². The van der Waals surface area contributed by atoms with E-state index in [0.29, 0.717) is 11.2 Å². The molecule has 0 aliphatic rings. The van der Waals surface area contributed by atoms with Gasteiger partial charge in [-0.3, -0.25) is 0 Å². The van der Waals surface area contributed by atoms with Crippen molar-refractivity contribution in [2.45, 2.75) is 26.8 Å². The van der Waals surface area contributed by atoms with Crippen LogP contribution in [0.5, 0.6) is 0 Å². The zero-order chi connectivity index (χ0) is 12.3. The fraction of sp³-hybridized carbons (Fsp3) is 0.636. The van der Waals surface area contributed by atoms with Crippen LogP contribution in [0.3, 0.4) is 0 Å². The molecule has 0 spiro atoms. The van der Waals surface area contributed by atoms with E-state index in [2.05, 4.69) is 28.3 Å². The molecule has 5 heteroatoms. The number of rotatable bonds is 4. The first kappa shape index (κ1) is 13.6. The number of aromatic nitrogens is 2. The minimum absolute atomic E-state index is 0.434. The fourth-order valence-corrected chi connectivity index (χ4v) is 2.35. The largest absolute Gasteiger partial charge is 0.354 e. The van der Waals surface area contributed by atoms with E-state index in [1.54, 1.807) is 0 Å². The van der Waals surface area contributed by atoms with E-state index in [4.69, 9.17) is 11.6 Å². The highest BCUT2D eigenvalue weighted by molar-refractivity contribution is 7.98. The Labute approximate surface area is 107 Å². The van der Waals surface area contributed by atoms with Crippen molar-refractivity contribution >= 4 is 29.2 Å². The first-order valence-corrected chi connectivity index (χ1v) is 6.97. The number of thioether (sulfide) groups is 1. The van der Waals surface area contributed by atoms with Crippen LogP contribution in [0.2, 0.25) is 5.15 Å². The monoisotopic (exact) mass is 259 g/mol. The second-order valence-corrected chi connectivity index (χ2v) is 5.25. The molecule has 1 rings (SSSR count). The molecule has 0 fully saturated rings. The summed E-state index contributed by atoms with van der Waals surface area (Å²) in [6, 6.07) is 0.434. The molecule has 0 aromatic carbocycles. The molecular weight excluding hydrogens is 242 g/mol. The molecule has 0 aliphatic carbocycles. The number of hydrogen-bond donors (Lipinski definition) is 0. The Morgan fingerprint density at radius 2 is 1.94 bits per heavy atom. The molecule has 0 radical (unpaired) electrons. The molecule has 1 aromatic rings. The third-order valence-electron chi connectivity index (χ3n) is 2.84. The normalized spacial score (nSPS) is 12.6. The third kappa shape index (κ3) is 2.80. The number of anilines is 1. The Morgan fingerprint density at radius 3 is 2.50 bits per heavy atom. The summed E-state index contributed by atoms with van der Waals surface area (Å²) in [6.07, 6.45) is 2.11. The molecule has 1 heterocycles. The molecule has 0 aliphatic heterocycles. The Balaban J connectivity index is 3.00. The van der Waals surface area contributed by atoms with Crippen LogP contribution in [0.4, 0.5) is 5.82 Å². The predicted octanol–water partition coefficient (Wildman–Crippen LogP) is 2.93. The van der Waals surface area contributed by atoms with Gasteiger partial charge in [-0.25, -0.2) is 0 Å². The number of nitrogens with zero attached hydrogens (tertiary/aromatic N) is 3. The van der Waals surface area contributed by atoms with E-state index in [1.807, 2.05) is 32.7 Å². The van der Waals surface area contributed by atoms with Crippen LogP contribution in [-0.2, 0) is 0 Å². The lowest BCUT2D eigenvalue weighted by Gasteiger charge is -2.26. The molecule has 0 saturated carbocycles. The molecule has 3 nitrogen and oxygen atoms in total. The maximum atomic E-state index is 5.94. The summed E-state index contributed by atoms with van der Waals surface area (Å²) < 4.78 is 0. The summed E-state index contributed by atoms with van der Waals surface area (Å²) in [4.78, 5) is 2.15. The van der Waals surface area contributed by atoms with Crippen LogP contribution in [-0.4, -0.2) is 35.3 Å². The lowest BCUT2D eigenvalue weighted by Crippen LogP contribution is -2.32. The second kappa shape index (κ2) is 5.73. The molecule has 16 heavy (non-hydrogen) atoms. The van der Waals surface area contributed by atoms with Crippen molar-refractivity contribution < 1.29 is 0 Å². The van der Waals surface area contributed by atoms with Gasteiger partial charge in [0.15, 0.2) is 11.0 Å². The lowest BCUT2D eigenvalue weighted by molar-refractivity contribution is 0.738. The van der Waals surface area contributed by atoms with Gasteiger partial charge in [0.05, 0.1) is 0 Å². The Morgan fingerprint density at radius 1 is 1.31 bits per heavy atom. The molecule has 0 bridgehead atoms. The minimum Gasteiger partial charge on any atom is -0.354 e. The van der Waals surface area contributed by atoms with Crippen molar-refractivity contribution in [3.63, 3.8) is 0 Å². The van der Waals surface area contributed by atoms with E-state index in [9.17, 15) is 0 Å². The SMILES string of the molecule is CSCC(C)N(C)c1nnc(Cl)c(C)c1C. The maximum absolute atomic E-state index is 5.94. The summed E-state index contributed by atoms with van der Waals surface area (Å²) in [7, 11) is 2.05. The van der Waals surface area contributed by atoms with Crippen LogP contribution in [0.1, 0.15) is 18.1 Å². The minimum atomic E-state index is 0.434. The topological polar surface area (TPSA) is 29.0 Å². The average Bonchev–Trinajstić information content (AvgIpc) is 2.26. The second-order valence-electron chi connectivity index (χ2n) is 3.98. The Hall–Kier alpha value is -0.480. The van der Waals surface area contributed by atoms with Gasteiger partial charge in [-0.1, -0.05) is 11.6 Å². The molecule has 0 amide bonds. The molecule has 0 N–H and O–H groups in total. The van der Waals surface area contributed by atoms with Crippen LogP contribution in [0.25, 0.3) is 0 Å². The van der Waals surface area contributed by atoms with Gasteiger partial charge in [-0.2, -0.15) is 11.8 Å². The highest BCUT2D eigenvalue weighted by atomic mass is 35.5. The van der Waals surface area contributed by atoms with E-state index in [1.165, 1.54) is 0 Å². The van der Waals surface area contributed by atoms with Crippen LogP contribution in [0.15, 0.2) is 0 Å². The van der Waals surface area contributed by atoms with Gasteiger partial charge in [0.1, 0.15) is 0 Å². The van der Waals surface area contributed by atoms with Crippen LogP contribution < -0.4 is 4.90 Å². The van der Waals surface area contributed by atoms with Crippen molar-refractivity contribution in [3.8, 4) is 0 Å². The Kier molecular flexibility index (Phi) is 4.87. The zero-order valence-electron chi connectivity index (χ0n) is 10.4.